The van der Waals surface area contributed by atoms with Gasteiger partial charge in [0.15, 0.2) is 0 Å². The second-order valence-corrected chi connectivity index (χ2v) is 7.04. The Labute approximate surface area is 120 Å². The summed E-state index contributed by atoms with van der Waals surface area (Å²) < 4.78 is 5.72. The largest absolute Gasteiger partial charge is 0.375 e. The molecule has 0 bridgehead atoms. The van der Waals surface area contributed by atoms with Crippen LogP contribution in [0, 0.1) is 0 Å². The van der Waals surface area contributed by atoms with Crippen molar-refractivity contribution < 1.29 is 9.53 Å². The van der Waals surface area contributed by atoms with E-state index in [1.54, 1.807) is 0 Å². The van der Waals surface area contributed by atoms with Gasteiger partial charge >= 0.3 is 6.03 Å². The zero-order chi connectivity index (χ0) is 13.8. The predicted octanol–water partition coefficient (Wildman–Crippen LogP) is 2.48. The number of amides is 2. The van der Waals surface area contributed by atoms with Gasteiger partial charge in [-0.1, -0.05) is 0 Å². The van der Waals surface area contributed by atoms with Crippen molar-refractivity contribution in [2.75, 3.05) is 18.1 Å². The van der Waals surface area contributed by atoms with E-state index in [1.165, 1.54) is 0 Å². The fourth-order valence-electron chi connectivity index (χ4n) is 2.98. The molecular formula is C14H26N2O2S. The van der Waals surface area contributed by atoms with Crippen LogP contribution in [0.15, 0.2) is 0 Å². The molecule has 1 N–H and O–H groups in total. The fraction of sp³-hybridized carbons (Fsp3) is 0.929. The quantitative estimate of drug-likeness (QED) is 0.805. The molecule has 2 aliphatic heterocycles. The Balaban J connectivity index is 1.88. The molecule has 0 radical (unpaired) electrons. The van der Waals surface area contributed by atoms with Gasteiger partial charge in [0.05, 0.1) is 12.2 Å². The molecule has 0 aromatic rings. The maximum absolute atomic E-state index is 12.4. The van der Waals surface area contributed by atoms with Gasteiger partial charge in [0.25, 0.3) is 0 Å². The smallest absolute Gasteiger partial charge is 0.317 e. The molecule has 2 heterocycles. The van der Waals surface area contributed by atoms with Crippen molar-refractivity contribution in [3.05, 3.63) is 0 Å². The third-order valence-electron chi connectivity index (χ3n) is 3.97. The predicted molar refractivity (Wildman–Crippen MR) is 79.7 cm³/mol. The highest BCUT2D eigenvalue weighted by Crippen LogP contribution is 2.20. The maximum Gasteiger partial charge on any atom is 0.317 e. The molecule has 2 fully saturated rings. The van der Waals surface area contributed by atoms with E-state index in [4.69, 9.17) is 4.74 Å². The third-order valence-corrected chi connectivity index (χ3v) is 4.97. The van der Waals surface area contributed by atoms with Crippen LogP contribution >= 0.6 is 11.8 Å². The molecule has 2 saturated heterocycles. The lowest BCUT2D eigenvalue weighted by molar-refractivity contribution is -0.0408. The van der Waals surface area contributed by atoms with Gasteiger partial charge in [-0.3, -0.25) is 0 Å². The zero-order valence-corrected chi connectivity index (χ0v) is 13.0. The number of hydrogen-bond donors (Lipinski definition) is 1. The lowest BCUT2D eigenvalue weighted by atomic mass is 10.00. The molecule has 2 aliphatic rings. The van der Waals surface area contributed by atoms with Gasteiger partial charge in [0, 0.05) is 24.4 Å². The number of thioether (sulfide) groups is 1. The number of nitrogens with one attached hydrogen (secondary N) is 1. The van der Waals surface area contributed by atoms with Crippen molar-refractivity contribution in [2.24, 2.45) is 0 Å². The minimum Gasteiger partial charge on any atom is -0.375 e. The molecule has 19 heavy (non-hydrogen) atoms. The Morgan fingerprint density at radius 1 is 1.21 bits per heavy atom. The molecule has 0 spiro atoms. The topological polar surface area (TPSA) is 41.6 Å². The lowest BCUT2D eigenvalue weighted by Gasteiger charge is -2.35. The minimum absolute atomic E-state index is 0.112. The van der Waals surface area contributed by atoms with Gasteiger partial charge in [-0.05, 0) is 45.8 Å². The number of rotatable bonds is 1. The van der Waals surface area contributed by atoms with Gasteiger partial charge in [-0.2, -0.15) is 11.8 Å². The van der Waals surface area contributed by atoms with Crippen molar-refractivity contribution in [3.63, 3.8) is 0 Å². The van der Waals surface area contributed by atoms with Crippen LogP contribution in [0.3, 0.4) is 0 Å². The van der Waals surface area contributed by atoms with Crippen LogP contribution in [0.5, 0.6) is 0 Å². The van der Waals surface area contributed by atoms with Crippen molar-refractivity contribution >= 4 is 17.8 Å². The summed E-state index contributed by atoms with van der Waals surface area (Å²) in [4.78, 5) is 14.4. The number of urea groups is 1. The second-order valence-electron chi connectivity index (χ2n) is 5.82. The molecule has 4 nitrogen and oxygen atoms in total. The highest BCUT2D eigenvalue weighted by atomic mass is 32.2. The molecule has 0 aromatic carbocycles. The Morgan fingerprint density at radius 2 is 1.89 bits per heavy atom. The van der Waals surface area contributed by atoms with E-state index in [9.17, 15) is 4.79 Å². The van der Waals surface area contributed by atoms with E-state index < -0.39 is 0 Å². The van der Waals surface area contributed by atoms with Gasteiger partial charge in [-0.15, -0.1) is 0 Å². The number of ether oxygens (including phenoxy) is 1. The van der Waals surface area contributed by atoms with E-state index in [1.807, 2.05) is 16.7 Å². The molecular weight excluding hydrogens is 260 g/mol. The van der Waals surface area contributed by atoms with Crippen LogP contribution < -0.4 is 5.32 Å². The standard InChI is InChI=1S/C14H26N2O2S/c1-10-4-6-19-7-5-16(10)14(17)15-13-8-11(2)18-12(3)9-13/h10-13H,4-9H2,1-3H3,(H,15,17)/t10-,11-,12+,13?/m0/s1. The van der Waals surface area contributed by atoms with Crippen molar-refractivity contribution in [3.8, 4) is 0 Å². The molecule has 0 saturated carbocycles. The first-order valence-corrected chi connectivity index (χ1v) is 8.52. The Hall–Kier alpha value is -0.420. The van der Waals surface area contributed by atoms with Crippen LogP contribution in [-0.2, 0) is 4.74 Å². The summed E-state index contributed by atoms with van der Waals surface area (Å²) in [5.41, 5.74) is 0. The fourth-order valence-corrected chi connectivity index (χ4v) is 4.02. The van der Waals surface area contributed by atoms with Crippen LogP contribution in [-0.4, -0.2) is 53.3 Å². The van der Waals surface area contributed by atoms with E-state index in [0.717, 1.165) is 37.3 Å². The first kappa shape index (κ1) is 15.0. The maximum atomic E-state index is 12.4. The summed E-state index contributed by atoms with van der Waals surface area (Å²) in [5, 5.41) is 3.21. The molecule has 5 heteroatoms. The molecule has 110 valence electrons. The molecule has 2 rings (SSSR count). The monoisotopic (exact) mass is 286 g/mol. The van der Waals surface area contributed by atoms with Gasteiger partial charge in [0.2, 0.25) is 0 Å². The Morgan fingerprint density at radius 3 is 2.58 bits per heavy atom. The summed E-state index contributed by atoms with van der Waals surface area (Å²) in [7, 11) is 0. The number of carbonyl (C=O) groups excluding carboxylic acids is 1. The minimum atomic E-state index is 0.112. The number of nitrogens with zero attached hydrogens (tertiary/aromatic N) is 1. The summed E-state index contributed by atoms with van der Waals surface area (Å²) in [5.74, 6) is 2.22. The number of carbonyl (C=O) groups is 1. The Kier molecular flexibility index (Phi) is 5.39. The highest BCUT2D eigenvalue weighted by molar-refractivity contribution is 7.99. The van der Waals surface area contributed by atoms with E-state index in [-0.39, 0.29) is 24.3 Å². The highest BCUT2D eigenvalue weighted by Gasteiger charge is 2.28. The van der Waals surface area contributed by atoms with Crippen molar-refractivity contribution in [2.45, 2.75) is 64.3 Å². The zero-order valence-electron chi connectivity index (χ0n) is 12.2. The van der Waals surface area contributed by atoms with Crippen molar-refractivity contribution in [1.29, 1.82) is 0 Å². The van der Waals surface area contributed by atoms with Gasteiger partial charge in [0.1, 0.15) is 0 Å². The second kappa shape index (κ2) is 6.84. The summed E-state index contributed by atoms with van der Waals surface area (Å²) in [6, 6.07) is 0.723. The van der Waals surface area contributed by atoms with E-state index in [2.05, 4.69) is 26.1 Å². The summed E-state index contributed by atoms with van der Waals surface area (Å²) in [6.45, 7) is 7.19. The lowest BCUT2D eigenvalue weighted by Crippen LogP contribution is -2.51. The summed E-state index contributed by atoms with van der Waals surface area (Å²) in [6.07, 6.45) is 3.43. The Bertz CT molecular complexity index is 304. The van der Waals surface area contributed by atoms with E-state index >= 15 is 0 Å². The van der Waals surface area contributed by atoms with Crippen molar-refractivity contribution in [1.82, 2.24) is 10.2 Å². The molecule has 0 aliphatic carbocycles. The van der Waals surface area contributed by atoms with Gasteiger partial charge in [-0.25, -0.2) is 4.79 Å². The molecule has 4 atom stereocenters. The van der Waals surface area contributed by atoms with Crippen LogP contribution in [0.2, 0.25) is 0 Å². The van der Waals surface area contributed by atoms with E-state index in [0.29, 0.717) is 6.04 Å². The first-order valence-electron chi connectivity index (χ1n) is 7.36. The average molecular weight is 286 g/mol. The summed E-state index contributed by atoms with van der Waals surface area (Å²) >= 11 is 1.95. The third kappa shape index (κ3) is 4.28. The van der Waals surface area contributed by atoms with Crippen LogP contribution in [0.25, 0.3) is 0 Å². The average Bonchev–Trinajstić information content (AvgIpc) is 2.52. The van der Waals surface area contributed by atoms with Crippen LogP contribution in [0.1, 0.15) is 40.0 Å². The number of hydrogen-bond acceptors (Lipinski definition) is 3. The SMILES string of the molecule is C[C@@H]1CC(NC(=O)N2CCSCC[C@@H]2C)C[C@H](C)O1. The van der Waals surface area contributed by atoms with Gasteiger partial charge < -0.3 is 15.0 Å². The normalized spacial score (nSPS) is 36.7. The van der Waals surface area contributed by atoms with Crippen LogP contribution in [0.4, 0.5) is 4.79 Å². The molecule has 1 unspecified atom stereocenters. The molecule has 2 amide bonds. The molecule has 0 aromatic heterocycles. The first-order chi connectivity index (χ1) is 9.06.